The number of hydrogen-bond acceptors (Lipinski definition) is 5. The van der Waals surface area contributed by atoms with E-state index in [1.54, 1.807) is 6.26 Å². The molecule has 6 heteroatoms. The van der Waals surface area contributed by atoms with E-state index in [4.69, 9.17) is 9.40 Å². The quantitative estimate of drug-likeness (QED) is 0.364. The maximum absolute atomic E-state index is 13.1. The van der Waals surface area contributed by atoms with Crippen LogP contribution >= 0.6 is 11.8 Å². The molecule has 0 bridgehead atoms. The summed E-state index contributed by atoms with van der Waals surface area (Å²) in [5.74, 6) is 1.15. The van der Waals surface area contributed by atoms with Gasteiger partial charge in [-0.2, -0.15) is 0 Å². The monoisotopic (exact) mass is 401 g/mol. The fourth-order valence-corrected chi connectivity index (χ4v) is 4.30. The molecule has 144 valence electrons. The van der Waals surface area contributed by atoms with E-state index in [0.29, 0.717) is 17.6 Å². The highest BCUT2D eigenvalue weighted by molar-refractivity contribution is 8.00. The molecule has 2 aromatic heterocycles. The number of amides is 1. The van der Waals surface area contributed by atoms with Crippen molar-refractivity contribution in [2.24, 2.45) is 0 Å². The van der Waals surface area contributed by atoms with Crippen LogP contribution in [0.15, 0.2) is 82.4 Å². The third-order valence-corrected chi connectivity index (χ3v) is 6.06. The number of rotatable bonds is 6. The first kappa shape index (κ1) is 17.9. The molecule has 1 unspecified atom stereocenters. The summed E-state index contributed by atoms with van der Waals surface area (Å²) >= 11 is 1.46. The summed E-state index contributed by atoms with van der Waals surface area (Å²) < 4.78 is 5.51. The van der Waals surface area contributed by atoms with Gasteiger partial charge in [-0.1, -0.05) is 60.3 Å². The molecule has 0 aliphatic heterocycles. The molecular formula is C23H19N3O2S. The summed E-state index contributed by atoms with van der Waals surface area (Å²) in [6, 6.07) is 21.7. The number of fused-ring (bicyclic) bond motifs is 1. The number of benzene rings is 2. The van der Waals surface area contributed by atoms with Gasteiger partial charge in [-0.15, -0.1) is 0 Å². The van der Waals surface area contributed by atoms with Gasteiger partial charge in [-0.25, -0.2) is 9.97 Å². The number of thioether (sulfide) groups is 1. The van der Waals surface area contributed by atoms with Crippen molar-refractivity contribution in [2.75, 3.05) is 0 Å². The second-order valence-electron chi connectivity index (χ2n) is 7.04. The zero-order chi connectivity index (χ0) is 19.6. The number of aromatic nitrogens is 2. The minimum Gasteiger partial charge on any atom is -0.461 e. The average molecular weight is 401 g/mol. The minimum absolute atomic E-state index is 0.0194. The molecule has 29 heavy (non-hydrogen) atoms. The normalized spacial score (nSPS) is 14.6. The molecule has 5 rings (SSSR count). The summed E-state index contributed by atoms with van der Waals surface area (Å²) in [5.41, 5.74) is 1.78. The molecule has 1 N–H and O–H groups in total. The molecule has 1 aliphatic rings. The minimum atomic E-state index is -0.389. The second kappa shape index (κ2) is 7.72. The fraction of sp³-hybridized carbons (Fsp3) is 0.174. The second-order valence-corrected chi connectivity index (χ2v) is 8.13. The van der Waals surface area contributed by atoms with Crippen LogP contribution in [0, 0.1) is 0 Å². The van der Waals surface area contributed by atoms with Crippen molar-refractivity contribution in [1.82, 2.24) is 15.3 Å². The highest BCUT2D eigenvalue weighted by Gasteiger charge is 2.30. The molecule has 0 saturated heterocycles. The van der Waals surface area contributed by atoms with Gasteiger partial charge >= 0.3 is 0 Å². The average Bonchev–Trinajstić information content (AvgIpc) is 3.40. The van der Waals surface area contributed by atoms with E-state index < -0.39 is 0 Å². The number of hydrogen-bond donors (Lipinski definition) is 1. The first-order valence-electron chi connectivity index (χ1n) is 9.60. The van der Waals surface area contributed by atoms with Crippen LogP contribution in [0.4, 0.5) is 0 Å². The van der Waals surface area contributed by atoms with Crippen molar-refractivity contribution < 1.29 is 9.21 Å². The van der Waals surface area contributed by atoms with E-state index in [0.717, 1.165) is 34.3 Å². The van der Waals surface area contributed by atoms with E-state index in [1.807, 2.05) is 66.7 Å². The number of furan rings is 1. The van der Waals surface area contributed by atoms with Gasteiger partial charge < -0.3 is 9.73 Å². The molecule has 0 radical (unpaired) electrons. The summed E-state index contributed by atoms with van der Waals surface area (Å²) in [6.45, 7) is 0. The Hall–Kier alpha value is -3.12. The lowest BCUT2D eigenvalue weighted by molar-refractivity contribution is -0.120. The molecule has 2 heterocycles. The summed E-state index contributed by atoms with van der Waals surface area (Å²) in [4.78, 5) is 22.5. The van der Waals surface area contributed by atoms with Crippen molar-refractivity contribution in [2.45, 2.75) is 29.2 Å². The summed E-state index contributed by atoms with van der Waals surface area (Å²) in [6.07, 6.45) is 3.71. The zero-order valence-corrected chi connectivity index (χ0v) is 16.4. The molecule has 2 aromatic carbocycles. The van der Waals surface area contributed by atoms with Crippen molar-refractivity contribution >= 4 is 28.6 Å². The Morgan fingerprint density at radius 1 is 1.00 bits per heavy atom. The van der Waals surface area contributed by atoms with Crippen LogP contribution < -0.4 is 5.32 Å². The molecule has 0 spiro atoms. The number of carbonyl (C=O) groups is 1. The van der Waals surface area contributed by atoms with Gasteiger partial charge in [0.05, 0.1) is 11.8 Å². The lowest BCUT2D eigenvalue weighted by Gasteiger charge is -2.17. The van der Waals surface area contributed by atoms with Crippen molar-refractivity contribution in [3.8, 4) is 11.6 Å². The van der Waals surface area contributed by atoms with E-state index in [1.165, 1.54) is 11.8 Å². The molecular weight excluding hydrogens is 382 g/mol. The van der Waals surface area contributed by atoms with Crippen molar-refractivity contribution in [3.05, 3.63) is 78.6 Å². The third kappa shape index (κ3) is 3.89. The van der Waals surface area contributed by atoms with Crippen LogP contribution in [0.25, 0.3) is 22.5 Å². The number of nitrogens with one attached hydrogen (secondary N) is 1. The maximum Gasteiger partial charge on any atom is 0.238 e. The third-order valence-electron chi connectivity index (χ3n) is 4.80. The largest absolute Gasteiger partial charge is 0.461 e. The first-order valence-corrected chi connectivity index (χ1v) is 10.5. The predicted molar refractivity (Wildman–Crippen MR) is 113 cm³/mol. The highest BCUT2D eigenvalue weighted by Crippen LogP contribution is 2.39. The SMILES string of the molecule is O=C(NC1CC1)C(Sc1nc(-c2ccco2)nc2ccccc12)c1ccccc1. The van der Waals surface area contributed by atoms with Gasteiger partial charge in [0, 0.05) is 11.4 Å². The van der Waals surface area contributed by atoms with Gasteiger partial charge in [0.1, 0.15) is 10.3 Å². The maximum atomic E-state index is 13.1. The Bertz CT molecular complexity index is 1140. The van der Waals surface area contributed by atoms with Crippen LogP contribution in [0.1, 0.15) is 23.7 Å². The molecule has 5 nitrogen and oxygen atoms in total. The molecule has 1 saturated carbocycles. The molecule has 1 amide bonds. The van der Waals surface area contributed by atoms with E-state index in [-0.39, 0.29) is 11.2 Å². The van der Waals surface area contributed by atoms with Crippen LogP contribution in [0.2, 0.25) is 0 Å². The number of nitrogens with zero attached hydrogens (tertiary/aromatic N) is 2. The van der Waals surface area contributed by atoms with Gasteiger partial charge in [-0.05, 0) is 36.6 Å². The fourth-order valence-electron chi connectivity index (χ4n) is 3.17. The van der Waals surface area contributed by atoms with Gasteiger partial charge in [0.25, 0.3) is 0 Å². The Morgan fingerprint density at radius 2 is 1.79 bits per heavy atom. The van der Waals surface area contributed by atoms with E-state index >= 15 is 0 Å². The predicted octanol–water partition coefficient (Wildman–Crippen LogP) is 5.00. The van der Waals surface area contributed by atoms with Gasteiger partial charge in [0.15, 0.2) is 11.6 Å². The molecule has 1 fully saturated rings. The lowest BCUT2D eigenvalue weighted by Crippen LogP contribution is -2.29. The lowest BCUT2D eigenvalue weighted by atomic mass is 10.1. The molecule has 1 atom stereocenters. The van der Waals surface area contributed by atoms with Crippen molar-refractivity contribution in [1.29, 1.82) is 0 Å². The van der Waals surface area contributed by atoms with Crippen molar-refractivity contribution in [3.63, 3.8) is 0 Å². The van der Waals surface area contributed by atoms with Gasteiger partial charge in [-0.3, -0.25) is 4.79 Å². The topological polar surface area (TPSA) is 68.0 Å². The van der Waals surface area contributed by atoms with Crippen LogP contribution in [0.3, 0.4) is 0 Å². The van der Waals surface area contributed by atoms with Crippen LogP contribution in [-0.2, 0) is 4.79 Å². The van der Waals surface area contributed by atoms with E-state index in [9.17, 15) is 4.79 Å². The smallest absolute Gasteiger partial charge is 0.238 e. The Balaban J connectivity index is 1.58. The summed E-state index contributed by atoms with van der Waals surface area (Å²) in [5, 5.41) is 4.44. The first-order chi connectivity index (χ1) is 14.3. The Labute approximate surface area is 172 Å². The number of carbonyl (C=O) groups excluding carboxylic acids is 1. The molecule has 4 aromatic rings. The highest BCUT2D eigenvalue weighted by atomic mass is 32.2. The Kier molecular flexibility index (Phi) is 4.77. The Morgan fingerprint density at radius 3 is 2.55 bits per heavy atom. The van der Waals surface area contributed by atoms with Gasteiger partial charge in [0.2, 0.25) is 5.91 Å². The zero-order valence-electron chi connectivity index (χ0n) is 15.6. The standard InChI is InChI=1S/C23H19N3O2S/c27-22(24-16-12-13-16)20(15-7-2-1-3-8-15)29-23-17-9-4-5-10-18(17)25-21(26-23)19-11-6-14-28-19/h1-11,14,16,20H,12-13H2,(H,24,27). The van der Waals surface area contributed by atoms with Crippen LogP contribution in [0.5, 0.6) is 0 Å². The van der Waals surface area contributed by atoms with Crippen LogP contribution in [-0.4, -0.2) is 21.9 Å². The summed E-state index contributed by atoms with van der Waals surface area (Å²) in [7, 11) is 0. The van der Waals surface area contributed by atoms with E-state index in [2.05, 4.69) is 10.3 Å². The number of para-hydroxylation sites is 1. The molecule has 1 aliphatic carbocycles.